The number of fused-ring (bicyclic) bond motifs is 3. The zero-order chi connectivity index (χ0) is 18.3. The summed E-state index contributed by atoms with van der Waals surface area (Å²) in [5, 5.41) is 0.792. The van der Waals surface area contributed by atoms with Crippen LogP contribution in [0, 0.1) is 0 Å². The number of aromatic amines is 1. The van der Waals surface area contributed by atoms with Gasteiger partial charge in [0.1, 0.15) is 10.7 Å². The molecule has 0 atom stereocenters. The Bertz CT molecular complexity index is 1020. The highest BCUT2D eigenvalue weighted by molar-refractivity contribution is 7.18. The number of hydrogen-bond donors (Lipinski definition) is 1. The molecule has 2 aromatic heterocycles. The Hall–Kier alpha value is -2.54. The van der Waals surface area contributed by atoms with Gasteiger partial charge in [0.05, 0.1) is 26.2 Å². The van der Waals surface area contributed by atoms with Crippen LogP contribution in [-0.4, -0.2) is 31.2 Å². The largest absolute Gasteiger partial charge is 0.493 e. The van der Waals surface area contributed by atoms with Gasteiger partial charge < -0.3 is 19.4 Å². The number of anilines is 1. The van der Waals surface area contributed by atoms with Crippen LogP contribution in [0.4, 0.5) is 5.69 Å². The first-order valence-electron chi connectivity index (χ1n) is 8.57. The van der Waals surface area contributed by atoms with Crippen LogP contribution in [0.2, 0.25) is 0 Å². The van der Waals surface area contributed by atoms with Crippen LogP contribution >= 0.6 is 11.3 Å². The minimum absolute atomic E-state index is 0.0230. The van der Waals surface area contributed by atoms with E-state index in [1.54, 1.807) is 25.6 Å². The number of hydrogen-bond acceptors (Lipinski definition) is 6. The van der Waals surface area contributed by atoms with Crippen molar-refractivity contribution in [3.05, 3.63) is 44.8 Å². The maximum atomic E-state index is 12.6. The third kappa shape index (κ3) is 2.82. The average Bonchev–Trinajstić information content (AvgIpc) is 3.21. The minimum Gasteiger partial charge on any atom is -0.493 e. The third-order valence-electron chi connectivity index (χ3n) is 4.82. The lowest BCUT2D eigenvalue weighted by Crippen LogP contribution is -2.21. The lowest BCUT2D eigenvalue weighted by Gasteiger charge is -2.20. The summed E-state index contributed by atoms with van der Waals surface area (Å²) in [6, 6.07) is 5.74. The van der Waals surface area contributed by atoms with E-state index in [4.69, 9.17) is 14.5 Å². The van der Waals surface area contributed by atoms with Crippen molar-refractivity contribution < 1.29 is 9.47 Å². The van der Waals surface area contributed by atoms with Crippen LogP contribution in [0.5, 0.6) is 11.5 Å². The Morgan fingerprint density at radius 3 is 2.81 bits per heavy atom. The zero-order valence-corrected chi connectivity index (χ0v) is 15.9. The average molecular weight is 371 g/mol. The predicted molar refractivity (Wildman–Crippen MR) is 104 cm³/mol. The van der Waals surface area contributed by atoms with E-state index in [1.165, 1.54) is 10.4 Å². The first kappa shape index (κ1) is 16.9. The molecule has 2 heterocycles. The molecule has 1 aliphatic carbocycles. The second-order valence-electron chi connectivity index (χ2n) is 6.45. The quantitative estimate of drug-likeness (QED) is 0.746. The molecule has 4 rings (SSSR count). The molecule has 0 aliphatic heterocycles. The van der Waals surface area contributed by atoms with E-state index >= 15 is 0 Å². The molecular formula is C19H21N3O3S. The number of nitrogens with zero attached hydrogens (tertiary/aromatic N) is 2. The van der Waals surface area contributed by atoms with Gasteiger partial charge in [0.25, 0.3) is 5.56 Å². The van der Waals surface area contributed by atoms with Crippen molar-refractivity contribution >= 4 is 27.2 Å². The molecule has 1 N–H and O–H groups in total. The molecule has 7 heteroatoms. The highest BCUT2D eigenvalue weighted by atomic mass is 32.1. The van der Waals surface area contributed by atoms with Gasteiger partial charge in [-0.15, -0.1) is 11.3 Å². The number of H-pyrrole nitrogens is 1. The molecule has 0 saturated carbocycles. The molecule has 0 unspecified atom stereocenters. The van der Waals surface area contributed by atoms with Gasteiger partial charge in [-0.2, -0.15) is 0 Å². The van der Waals surface area contributed by atoms with E-state index in [1.807, 2.05) is 30.1 Å². The summed E-state index contributed by atoms with van der Waals surface area (Å²) in [4.78, 5) is 24.4. The van der Waals surface area contributed by atoms with E-state index in [0.717, 1.165) is 35.2 Å². The van der Waals surface area contributed by atoms with Crippen LogP contribution in [0.25, 0.3) is 10.2 Å². The summed E-state index contributed by atoms with van der Waals surface area (Å²) in [6.07, 6.45) is 3.20. The number of aryl methyl sites for hydroxylation is 2. The van der Waals surface area contributed by atoms with Crippen LogP contribution < -0.4 is 19.9 Å². The molecule has 26 heavy (non-hydrogen) atoms. The van der Waals surface area contributed by atoms with E-state index in [2.05, 4.69) is 4.98 Å². The first-order chi connectivity index (χ1) is 12.6. The Morgan fingerprint density at radius 2 is 2.04 bits per heavy atom. The Kier molecular flexibility index (Phi) is 4.32. The van der Waals surface area contributed by atoms with Gasteiger partial charge in [-0.05, 0) is 37.0 Å². The first-order valence-corrected chi connectivity index (χ1v) is 9.39. The molecule has 136 valence electrons. The number of benzene rings is 1. The molecule has 0 amide bonds. The topological polar surface area (TPSA) is 67.5 Å². The Morgan fingerprint density at radius 1 is 1.23 bits per heavy atom. The summed E-state index contributed by atoms with van der Waals surface area (Å²) >= 11 is 1.66. The van der Waals surface area contributed by atoms with Crippen molar-refractivity contribution in [2.24, 2.45) is 0 Å². The summed E-state index contributed by atoms with van der Waals surface area (Å²) in [5.74, 6) is 2.02. The van der Waals surface area contributed by atoms with Gasteiger partial charge in [-0.25, -0.2) is 4.98 Å². The van der Waals surface area contributed by atoms with Crippen molar-refractivity contribution in [2.75, 3.05) is 26.2 Å². The number of nitrogens with one attached hydrogen (secondary N) is 1. The van der Waals surface area contributed by atoms with E-state index in [-0.39, 0.29) is 5.56 Å². The van der Waals surface area contributed by atoms with Crippen LogP contribution in [-0.2, 0) is 19.4 Å². The maximum Gasteiger partial charge on any atom is 0.259 e. The monoisotopic (exact) mass is 371 g/mol. The van der Waals surface area contributed by atoms with Crippen LogP contribution in [0.3, 0.4) is 0 Å². The molecule has 3 aromatic rings. The number of rotatable bonds is 5. The van der Waals surface area contributed by atoms with Gasteiger partial charge in [0.2, 0.25) is 0 Å². The molecule has 0 radical (unpaired) electrons. The minimum atomic E-state index is -0.0230. The van der Waals surface area contributed by atoms with Gasteiger partial charge in [0.15, 0.2) is 11.5 Å². The fraction of sp³-hybridized carbons (Fsp3) is 0.368. The van der Waals surface area contributed by atoms with Crippen molar-refractivity contribution in [1.82, 2.24) is 9.97 Å². The second-order valence-corrected chi connectivity index (χ2v) is 7.53. The van der Waals surface area contributed by atoms with Crippen molar-refractivity contribution in [1.29, 1.82) is 0 Å². The highest BCUT2D eigenvalue weighted by Crippen LogP contribution is 2.35. The van der Waals surface area contributed by atoms with Crippen LogP contribution in [0.1, 0.15) is 22.7 Å². The molecule has 1 aromatic carbocycles. The molecule has 0 spiro atoms. The van der Waals surface area contributed by atoms with Gasteiger partial charge >= 0.3 is 0 Å². The normalized spacial score (nSPS) is 13.0. The highest BCUT2D eigenvalue weighted by Gasteiger charge is 2.21. The van der Waals surface area contributed by atoms with Gasteiger partial charge in [-0.1, -0.05) is 0 Å². The molecule has 6 nitrogen and oxygen atoms in total. The lowest BCUT2D eigenvalue weighted by molar-refractivity contribution is 0.355. The standard InChI is InChI=1S/C19H21N3O3S/c1-22(11-7-8-13(24-2)14(9-11)25-3)10-16-20-18(23)17-12-5-4-6-15(12)26-19(17)21-16/h7-9H,4-6,10H2,1-3H3,(H,20,21,23). The SMILES string of the molecule is COc1ccc(N(C)Cc2nc3sc4c(c3c(=O)[nH]2)CCC4)cc1OC. The zero-order valence-electron chi connectivity index (χ0n) is 15.1. The van der Waals surface area contributed by atoms with E-state index in [9.17, 15) is 4.79 Å². The smallest absolute Gasteiger partial charge is 0.259 e. The van der Waals surface area contributed by atoms with Crippen molar-refractivity contribution in [3.8, 4) is 11.5 Å². The van der Waals surface area contributed by atoms with E-state index < -0.39 is 0 Å². The van der Waals surface area contributed by atoms with Crippen molar-refractivity contribution in [3.63, 3.8) is 0 Å². The molecule has 0 saturated heterocycles. The Labute approximate surface area is 155 Å². The van der Waals surface area contributed by atoms with Gasteiger partial charge in [0, 0.05) is 23.7 Å². The molecule has 0 bridgehead atoms. The number of ether oxygens (including phenoxy) is 2. The molecular weight excluding hydrogens is 350 g/mol. The fourth-order valence-electron chi connectivity index (χ4n) is 3.50. The molecule has 1 aliphatic rings. The maximum absolute atomic E-state index is 12.6. The summed E-state index contributed by atoms with van der Waals surface area (Å²) in [6.45, 7) is 0.503. The Balaban J connectivity index is 1.64. The summed E-state index contributed by atoms with van der Waals surface area (Å²) in [5.41, 5.74) is 2.14. The third-order valence-corrected chi connectivity index (χ3v) is 6.00. The van der Waals surface area contributed by atoms with Crippen LogP contribution in [0.15, 0.2) is 23.0 Å². The lowest BCUT2D eigenvalue weighted by atomic mass is 10.2. The molecule has 0 fully saturated rings. The fourth-order valence-corrected chi connectivity index (χ4v) is 4.78. The van der Waals surface area contributed by atoms with E-state index in [0.29, 0.717) is 23.9 Å². The van der Waals surface area contributed by atoms with Crippen molar-refractivity contribution in [2.45, 2.75) is 25.8 Å². The summed E-state index contributed by atoms with van der Waals surface area (Å²) < 4.78 is 10.6. The van der Waals surface area contributed by atoms with Gasteiger partial charge in [-0.3, -0.25) is 4.79 Å². The number of aromatic nitrogens is 2. The second kappa shape index (κ2) is 6.64. The number of methoxy groups -OCH3 is 2. The summed E-state index contributed by atoms with van der Waals surface area (Å²) in [7, 11) is 5.19. The predicted octanol–water partition coefficient (Wildman–Crippen LogP) is 3.13. The number of thiophene rings is 1.